The molecule has 0 spiro atoms. The number of aromatic nitrogens is 2. The van der Waals surface area contributed by atoms with Gasteiger partial charge in [0.05, 0.1) is 5.69 Å². The molecule has 158 valence electrons. The fourth-order valence-electron chi connectivity index (χ4n) is 4.72. The van der Waals surface area contributed by atoms with Crippen molar-refractivity contribution in [1.29, 1.82) is 0 Å². The van der Waals surface area contributed by atoms with Crippen LogP contribution in [0.4, 0.5) is 0 Å². The summed E-state index contributed by atoms with van der Waals surface area (Å²) in [6, 6.07) is 2.71. The van der Waals surface area contributed by atoms with Gasteiger partial charge in [-0.2, -0.15) is 5.10 Å². The lowest BCUT2D eigenvalue weighted by molar-refractivity contribution is -0.137. The van der Waals surface area contributed by atoms with E-state index < -0.39 is 5.97 Å². The van der Waals surface area contributed by atoms with Gasteiger partial charge in [0, 0.05) is 64.0 Å². The smallest absolute Gasteiger partial charge is 0.303 e. The number of carbonyl (C=O) groups is 1. The zero-order valence-corrected chi connectivity index (χ0v) is 17.7. The number of piperazine rings is 1. The number of likely N-dealkylation sites (N-methyl/N-ethyl adjacent to an activating group) is 1. The number of carboxylic acid groups (broad SMARTS) is 1. The first kappa shape index (κ1) is 21.3. The van der Waals surface area contributed by atoms with Crippen LogP contribution in [0.15, 0.2) is 6.07 Å². The number of aromatic amines is 1. The molecule has 1 aromatic rings. The van der Waals surface area contributed by atoms with Crippen molar-refractivity contribution >= 4 is 5.97 Å². The Labute approximate surface area is 169 Å². The molecular formula is C21H37N5O2. The first-order chi connectivity index (χ1) is 13.4. The van der Waals surface area contributed by atoms with E-state index >= 15 is 0 Å². The summed E-state index contributed by atoms with van der Waals surface area (Å²) in [7, 11) is 2.18. The summed E-state index contributed by atoms with van der Waals surface area (Å²) in [5.74, 6) is 0.350. The number of hydrogen-bond acceptors (Lipinski definition) is 5. The summed E-state index contributed by atoms with van der Waals surface area (Å²) in [6.45, 7) is 11.8. The fourth-order valence-corrected chi connectivity index (χ4v) is 4.72. The van der Waals surface area contributed by atoms with Gasteiger partial charge in [-0.1, -0.05) is 13.8 Å². The maximum absolute atomic E-state index is 11.2. The second-order valence-corrected chi connectivity index (χ2v) is 9.11. The van der Waals surface area contributed by atoms with Crippen LogP contribution in [0.25, 0.3) is 0 Å². The summed E-state index contributed by atoms with van der Waals surface area (Å²) < 4.78 is 0. The summed E-state index contributed by atoms with van der Waals surface area (Å²) in [5.41, 5.74) is 2.31. The van der Waals surface area contributed by atoms with Crippen LogP contribution >= 0.6 is 0 Å². The molecule has 0 amide bonds. The highest BCUT2D eigenvalue weighted by atomic mass is 16.4. The molecule has 7 heteroatoms. The van der Waals surface area contributed by atoms with Crippen molar-refractivity contribution in [1.82, 2.24) is 24.9 Å². The molecule has 0 aliphatic carbocycles. The molecule has 2 N–H and O–H groups in total. The van der Waals surface area contributed by atoms with Gasteiger partial charge in [-0.3, -0.25) is 19.7 Å². The molecule has 0 bridgehead atoms. The average molecular weight is 392 g/mol. The van der Waals surface area contributed by atoms with E-state index in [2.05, 4.69) is 51.9 Å². The Morgan fingerprint density at radius 3 is 2.71 bits per heavy atom. The van der Waals surface area contributed by atoms with Crippen molar-refractivity contribution in [2.24, 2.45) is 11.8 Å². The van der Waals surface area contributed by atoms with Crippen molar-refractivity contribution in [2.45, 2.75) is 52.1 Å². The lowest BCUT2D eigenvalue weighted by atomic mass is 9.86. The van der Waals surface area contributed by atoms with Gasteiger partial charge in [0.15, 0.2) is 0 Å². The van der Waals surface area contributed by atoms with Crippen molar-refractivity contribution in [2.75, 3.05) is 46.3 Å². The highest BCUT2D eigenvalue weighted by Gasteiger charge is 2.34. The molecule has 28 heavy (non-hydrogen) atoms. The van der Waals surface area contributed by atoms with Crippen LogP contribution in [-0.4, -0.2) is 88.3 Å². The number of aliphatic carboxylic acids is 1. The minimum absolute atomic E-state index is 0.269. The molecule has 2 atom stereocenters. The Bertz CT molecular complexity index is 624. The number of carboxylic acids is 1. The molecule has 7 nitrogen and oxygen atoms in total. The molecule has 3 rings (SSSR count). The van der Waals surface area contributed by atoms with Crippen molar-refractivity contribution in [3.8, 4) is 0 Å². The van der Waals surface area contributed by atoms with E-state index in [9.17, 15) is 9.90 Å². The van der Waals surface area contributed by atoms with Gasteiger partial charge >= 0.3 is 5.97 Å². The van der Waals surface area contributed by atoms with E-state index in [1.165, 1.54) is 5.69 Å². The lowest BCUT2D eigenvalue weighted by Crippen LogP contribution is -2.56. The van der Waals surface area contributed by atoms with Gasteiger partial charge in [0.1, 0.15) is 0 Å². The van der Waals surface area contributed by atoms with Crippen LogP contribution in [0.3, 0.4) is 0 Å². The molecule has 2 saturated heterocycles. The van der Waals surface area contributed by atoms with Crippen molar-refractivity contribution in [3.05, 3.63) is 17.5 Å². The molecule has 0 saturated carbocycles. The van der Waals surface area contributed by atoms with Crippen molar-refractivity contribution < 1.29 is 9.90 Å². The molecule has 3 heterocycles. The number of piperidine rings is 1. The predicted molar refractivity (Wildman–Crippen MR) is 110 cm³/mol. The zero-order chi connectivity index (χ0) is 20.1. The lowest BCUT2D eigenvalue weighted by Gasteiger charge is -2.46. The number of rotatable bonds is 8. The number of nitrogens with one attached hydrogen (secondary N) is 1. The summed E-state index contributed by atoms with van der Waals surface area (Å²) in [4.78, 5) is 18.7. The monoisotopic (exact) mass is 391 g/mol. The van der Waals surface area contributed by atoms with E-state index in [4.69, 9.17) is 0 Å². The Hall–Kier alpha value is -1.44. The van der Waals surface area contributed by atoms with Crippen LogP contribution < -0.4 is 0 Å². The minimum atomic E-state index is -0.679. The molecule has 1 aromatic heterocycles. The third-order valence-electron chi connectivity index (χ3n) is 6.21. The summed E-state index contributed by atoms with van der Waals surface area (Å²) in [6.07, 6.45) is 3.17. The SMILES string of the molecule is CC(C)Cc1cc(CN2CC[C@H](N3CCN(C)CC3)[C@H](CCC(=O)O)C2)[nH]n1. The second-order valence-electron chi connectivity index (χ2n) is 9.11. The number of H-pyrrole nitrogens is 1. The van der Waals surface area contributed by atoms with Crippen LogP contribution in [0, 0.1) is 11.8 Å². The first-order valence-electron chi connectivity index (χ1n) is 10.8. The van der Waals surface area contributed by atoms with E-state index in [1.807, 2.05) is 0 Å². The second kappa shape index (κ2) is 9.85. The highest BCUT2D eigenvalue weighted by molar-refractivity contribution is 5.66. The fraction of sp³-hybridized carbons (Fsp3) is 0.810. The third-order valence-corrected chi connectivity index (χ3v) is 6.21. The van der Waals surface area contributed by atoms with Crippen LogP contribution in [-0.2, 0) is 17.8 Å². The van der Waals surface area contributed by atoms with Gasteiger partial charge in [-0.05, 0) is 44.2 Å². The van der Waals surface area contributed by atoms with Gasteiger partial charge in [0.2, 0.25) is 0 Å². The maximum Gasteiger partial charge on any atom is 0.303 e. The molecule has 0 radical (unpaired) electrons. The van der Waals surface area contributed by atoms with Gasteiger partial charge in [-0.15, -0.1) is 0 Å². The van der Waals surface area contributed by atoms with Crippen LogP contribution in [0.1, 0.15) is 44.5 Å². The summed E-state index contributed by atoms with van der Waals surface area (Å²) >= 11 is 0. The number of likely N-dealkylation sites (tertiary alicyclic amines) is 1. The van der Waals surface area contributed by atoms with Gasteiger partial charge in [0.25, 0.3) is 0 Å². The predicted octanol–water partition coefficient (Wildman–Crippen LogP) is 1.91. The normalized spacial score (nSPS) is 25.4. The van der Waals surface area contributed by atoms with Gasteiger partial charge in [-0.25, -0.2) is 0 Å². The van der Waals surface area contributed by atoms with E-state index in [1.54, 1.807) is 0 Å². The quantitative estimate of drug-likeness (QED) is 0.705. The standard InChI is InChI=1S/C21H37N5O2/c1-16(2)12-18-13-19(23-22-18)15-25-7-6-20(17(14-25)4-5-21(27)28)26-10-8-24(3)9-11-26/h13,16-17,20H,4-12,14-15H2,1-3H3,(H,22,23)(H,27,28)/t17-,20+/m1/s1. The van der Waals surface area contributed by atoms with E-state index in [0.29, 0.717) is 17.9 Å². The molecule has 2 aliphatic heterocycles. The molecule has 2 fully saturated rings. The van der Waals surface area contributed by atoms with E-state index in [-0.39, 0.29) is 6.42 Å². The molecule has 2 aliphatic rings. The molecule has 0 unspecified atom stereocenters. The first-order valence-corrected chi connectivity index (χ1v) is 10.8. The Balaban J connectivity index is 1.59. The van der Waals surface area contributed by atoms with Crippen molar-refractivity contribution in [3.63, 3.8) is 0 Å². The van der Waals surface area contributed by atoms with E-state index in [0.717, 1.165) is 70.8 Å². The van der Waals surface area contributed by atoms with Crippen LogP contribution in [0.5, 0.6) is 0 Å². The van der Waals surface area contributed by atoms with Gasteiger partial charge < -0.3 is 10.0 Å². The minimum Gasteiger partial charge on any atom is -0.481 e. The Morgan fingerprint density at radius 2 is 2.04 bits per heavy atom. The number of hydrogen-bond donors (Lipinski definition) is 2. The topological polar surface area (TPSA) is 75.7 Å². The Kier molecular flexibility index (Phi) is 7.48. The maximum atomic E-state index is 11.2. The largest absolute Gasteiger partial charge is 0.481 e. The zero-order valence-electron chi connectivity index (χ0n) is 17.7. The number of nitrogens with zero attached hydrogens (tertiary/aromatic N) is 4. The molecule has 0 aromatic carbocycles. The summed E-state index contributed by atoms with van der Waals surface area (Å²) in [5, 5.41) is 16.9. The molecular weight excluding hydrogens is 354 g/mol. The highest BCUT2D eigenvalue weighted by Crippen LogP contribution is 2.28. The Morgan fingerprint density at radius 1 is 1.29 bits per heavy atom. The van der Waals surface area contributed by atoms with Crippen LogP contribution in [0.2, 0.25) is 0 Å². The average Bonchev–Trinajstić information content (AvgIpc) is 3.07. The third kappa shape index (κ3) is 6.03.